The Labute approximate surface area is 178 Å². The quantitative estimate of drug-likeness (QED) is 0.599. The maximum atomic E-state index is 13.0. The Morgan fingerprint density at radius 1 is 1.10 bits per heavy atom. The fourth-order valence-corrected chi connectivity index (χ4v) is 4.41. The first-order chi connectivity index (χ1) is 14.8. The number of aryl methyl sites for hydroxylation is 1. The largest absolute Gasteiger partial charge is 0.449 e. The van der Waals surface area contributed by atoms with Crippen molar-refractivity contribution in [3.05, 3.63) is 72.3 Å². The Morgan fingerprint density at radius 2 is 1.81 bits per heavy atom. The third-order valence-electron chi connectivity index (χ3n) is 4.78. The lowest BCUT2D eigenvalue weighted by atomic mass is 10.1. The van der Waals surface area contributed by atoms with Crippen LogP contribution in [0.2, 0.25) is 0 Å². The maximum Gasteiger partial charge on any atom is 0.417 e. The summed E-state index contributed by atoms with van der Waals surface area (Å²) in [7, 11) is -3.96. The van der Waals surface area contributed by atoms with Gasteiger partial charge in [0, 0.05) is 12.5 Å². The molecular weight excluding hydrogens is 422 g/mol. The highest BCUT2D eigenvalue weighted by Gasteiger charge is 2.34. The Morgan fingerprint density at radius 3 is 2.39 bits per heavy atom. The molecule has 1 aromatic heterocycles. The van der Waals surface area contributed by atoms with E-state index in [1.54, 1.807) is 49.4 Å². The summed E-state index contributed by atoms with van der Waals surface area (Å²) in [5.74, 6) is -0.00792. The lowest BCUT2D eigenvalue weighted by Gasteiger charge is -2.22. The van der Waals surface area contributed by atoms with Gasteiger partial charge < -0.3 is 9.15 Å². The summed E-state index contributed by atoms with van der Waals surface area (Å²) < 4.78 is 38.6. The summed E-state index contributed by atoms with van der Waals surface area (Å²) in [6.45, 7) is 1.18. The van der Waals surface area contributed by atoms with E-state index in [4.69, 9.17) is 9.15 Å². The second-order valence-electron chi connectivity index (χ2n) is 6.92. The highest BCUT2D eigenvalue weighted by Crippen LogP contribution is 2.23. The van der Waals surface area contributed by atoms with Crippen LogP contribution in [0.15, 0.2) is 70.2 Å². The van der Waals surface area contributed by atoms with E-state index < -0.39 is 28.1 Å². The molecule has 0 aliphatic carbocycles. The monoisotopic (exact) mass is 441 g/mol. The second-order valence-corrected chi connectivity index (χ2v) is 8.63. The van der Waals surface area contributed by atoms with Gasteiger partial charge in [-0.05, 0) is 17.7 Å². The first-order valence-electron chi connectivity index (χ1n) is 9.40. The van der Waals surface area contributed by atoms with Crippen LogP contribution in [0.4, 0.5) is 4.79 Å². The fourth-order valence-electron chi connectivity index (χ4n) is 3.19. The molecule has 2 amide bonds. The zero-order chi connectivity index (χ0) is 22.0. The molecule has 2 heterocycles. The second kappa shape index (κ2) is 8.32. The minimum absolute atomic E-state index is 0.0349. The smallest absolute Gasteiger partial charge is 0.417 e. The number of carbonyl (C=O) groups is 2. The number of rotatable bonds is 7. The molecule has 10 heteroatoms. The van der Waals surface area contributed by atoms with Gasteiger partial charge in [0.05, 0.1) is 17.5 Å². The number of benzene rings is 2. The number of ether oxygens (including phenoxy) is 1. The molecule has 1 fully saturated rings. The number of sulfonamides is 1. The van der Waals surface area contributed by atoms with Crippen molar-refractivity contribution in [2.75, 3.05) is 13.2 Å². The molecule has 9 nitrogen and oxygen atoms in total. The number of hydrogen-bond donors (Lipinski definition) is 1. The minimum Gasteiger partial charge on any atom is -0.449 e. The summed E-state index contributed by atoms with van der Waals surface area (Å²) in [6.07, 6.45) is 0.701. The molecule has 1 aliphatic heterocycles. The third kappa shape index (κ3) is 4.49. The van der Waals surface area contributed by atoms with E-state index >= 15 is 0 Å². The molecular formula is C21H19N3O6S. The highest BCUT2D eigenvalue weighted by atomic mass is 32.2. The van der Waals surface area contributed by atoms with Gasteiger partial charge in [-0.1, -0.05) is 42.5 Å². The molecule has 1 unspecified atom stereocenters. The molecule has 4 rings (SSSR count). The van der Waals surface area contributed by atoms with Crippen LogP contribution in [0.5, 0.6) is 0 Å². The van der Waals surface area contributed by atoms with Crippen molar-refractivity contribution in [1.82, 2.24) is 14.6 Å². The standard InChI is InChI=1S/C21H19N3O6S/c1-14-22-19(12-29-14)16-7-9-17(10-8-16)31(27,28)23-18(15-5-3-2-4-6-15)11-24-20(25)13-30-21(24)26/h2-10,12,18,23H,11,13H2,1H3. The number of oxazole rings is 1. The Bertz CT molecular complexity index is 1190. The van der Waals surface area contributed by atoms with Crippen LogP contribution in [-0.2, 0) is 19.6 Å². The first-order valence-corrected chi connectivity index (χ1v) is 10.9. The van der Waals surface area contributed by atoms with Crippen molar-refractivity contribution in [3.8, 4) is 11.3 Å². The number of aromatic nitrogens is 1. The zero-order valence-electron chi connectivity index (χ0n) is 16.5. The Kier molecular flexibility index (Phi) is 5.57. The van der Waals surface area contributed by atoms with Crippen LogP contribution in [0.25, 0.3) is 11.3 Å². The number of imide groups is 1. The molecule has 2 aromatic carbocycles. The Balaban J connectivity index is 1.59. The van der Waals surface area contributed by atoms with Gasteiger partial charge in [-0.3, -0.25) is 4.79 Å². The molecule has 160 valence electrons. The number of nitrogens with zero attached hydrogens (tertiary/aromatic N) is 2. The Hall–Kier alpha value is -3.50. The van der Waals surface area contributed by atoms with Gasteiger partial charge in [-0.25, -0.2) is 27.8 Å². The van der Waals surface area contributed by atoms with E-state index in [0.29, 0.717) is 22.7 Å². The molecule has 0 bridgehead atoms. The lowest BCUT2D eigenvalue weighted by Crippen LogP contribution is -2.40. The zero-order valence-corrected chi connectivity index (χ0v) is 17.3. The van der Waals surface area contributed by atoms with Crippen LogP contribution in [-0.4, -0.2) is 43.5 Å². The SMILES string of the molecule is Cc1nc(-c2ccc(S(=O)(=O)NC(CN3C(=O)COC3=O)c3ccccc3)cc2)co1. The average Bonchev–Trinajstić information content (AvgIpc) is 3.34. The molecule has 31 heavy (non-hydrogen) atoms. The summed E-state index contributed by atoms with van der Waals surface area (Å²) in [6, 6.07) is 14.0. The fraction of sp³-hybridized carbons (Fsp3) is 0.190. The van der Waals surface area contributed by atoms with Gasteiger partial charge in [0.1, 0.15) is 12.0 Å². The van der Waals surface area contributed by atoms with Gasteiger partial charge in [0.25, 0.3) is 5.91 Å². The third-order valence-corrected chi connectivity index (χ3v) is 6.27. The average molecular weight is 441 g/mol. The summed E-state index contributed by atoms with van der Waals surface area (Å²) in [4.78, 5) is 29.0. The molecule has 1 atom stereocenters. The highest BCUT2D eigenvalue weighted by molar-refractivity contribution is 7.89. The van der Waals surface area contributed by atoms with Crippen molar-refractivity contribution >= 4 is 22.0 Å². The predicted octanol–water partition coefficient (Wildman–Crippen LogP) is 2.65. The van der Waals surface area contributed by atoms with E-state index in [0.717, 1.165) is 4.90 Å². The summed E-state index contributed by atoms with van der Waals surface area (Å²) >= 11 is 0. The summed E-state index contributed by atoms with van der Waals surface area (Å²) in [5, 5.41) is 0. The van der Waals surface area contributed by atoms with Gasteiger partial charge in [-0.15, -0.1) is 0 Å². The lowest BCUT2D eigenvalue weighted by molar-refractivity contribution is -0.126. The maximum absolute atomic E-state index is 13.0. The van der Waals surface area contributed by atoms with Crippen LogP contribution in [0.3, 0.4) is 0 Å². The normalized spacial score (nSPS) is 15.2. The van der Waals surface area contributed by atoms with E-state index in [-0.39, 0.29) is 18.0 Å². The van der Waals surface area contributed by atoms with Crippen molar-refractivity contribution in [2.45, 2.75) is 17.9 Å². The molecule has 3 aromatic rings. The number of nitrogens with one attached hydrogen (secondary N) is 1. The van der Waals surface area contributed by atoms with Gasteiger partial charge in [-0.2, -0.15) is 0 Å². The van der Waals surface area contributed by atoms with Crippen molar-refractivity contribution in [3.63, 3.8) is 0 Å². The number of cyclic esters (lactones) is 1. The number of carbonyl (C=O) groups excluding carboxylic acids is 2. The molecule has 1 saturated heterocycles. The molecule has 1 aliphatic rings. The van der Waals surface area contributed by atoms with Crippen LogP contribution in [0, 0.1) is 6.92 Å². The van der Waals surface area contributed by atoms with Crippen LogP contribution >= 0.6 is 0 Å². The van der Waals surface area contributed by atoms with Crippen molar-refractivity contribution in [2.24, 2.45) is 0 Å². The first kappa shape index (κ1) is 20.8. The van der Waals surface area contributed by atoms with Crippen LogP contribution in [0.1, 0.15) is 17.5 Å². The number of hydrogen-bond acceptors (Lipinski definition) is 7. The van der Waals surface area contributed by atoms with Crippen LogP contribution < -0.4 is 4.72 Å². The summed E-state index contributed by atoms with van der Waals surface area (Å²) in [5.41, 5.74) is 1.91. The van der Waals surface area contributed by atoms with Gasteiger partial charge in [0.15, 0.2) is 12.5 Å². The van der Waals surface area contributed by atoms with Crippen molar-refractivity contribution in [1.29, 1.82) is 0 Å². The van der Waals surface area contributed by atoms with E-state index in [1.165, 1.54) is 18.4 Å². The molecule has 1 N–H and O–H groups in total. The predicted molar refractivity (Wildman–Crippen MR) is 109 cm³/mol. The van der Waals surface area contributed by atoms with E-state index in [2.05, 4.69) is 9.71 Å². The molecule has 0 radical (unpaired) electrons. The van der Waals surface area contributed by atoms with Gasteiger partial charge in [0.2, 0.25) is 10.0 Å². The van der Waals surface area contributed by atoms with Gasteiger partial charge >= 0.3 is 6.09 Å². The number of amides is 2. The van der Waals surface area contributed by atoms with E-state index in [1.807, 2.05) is 0 Å². The molecule has 0 saturated carbocycles. The van der Waals surface area contributed by atoms with E-state index in [9.17, 15) is 18.0 Å². The topological polar surface area (TPSA) is 119 Å². The minimum atomic E-state index is -3.96. The van der Waals surface area contributed by atoms with Crippen molar-refractivity contribution < 1.29 is 27.2 Å². The molecule has 0 spiro atoms.